The molecule has 2 aromatic carbocycles. The predicted molar refractivity (Wildman–Crippen MR) is 124 cm³/mol. The second-order valence-corrected chi connectivity index (χ2v) is 8.05. The molecule has 1 aliphatic rings. The molecule has 1 heterocycles. The largest absolute Gasteiger partial charge is 0.464 e. The minimum atomic E-state index is -1.30. The van der Waals surface area contributed by atoms with Crippen molar-refractivity contribution in [2.24, 2.45) is 5.92 Å². The van der Waals surface area contributed by atoms with Gasteiger partial charge in [0.2, 0.25) is 11.5 Å². The Hall–Kier alpha value is -3.38. The number of benzene rings is 2. The zero-order valence-electron chi connectivity index (χ0n) is 18.7. The predicted octanol–water partition coefficient (Wildman–Crippen LogP) is 3.80. The van der Waals surface area contributed by atoms with Crippen molar-refractivity contribution in [3.8, 4) is 0 Å². The molecular formula is C26H30N2O4. The molecule has 0 spiro atoms. The lowest BCUT2D eigenvalue weighted by Gasteiger charge is -2.23. The summed E-state index contributed by atoms with van der Waals surface area (Å²) in [4.78, 5) is 31.3. The van der Waals surface area contributed by atoms with Crippen LogP contribution in [0.4, 0.5) is 0 Å². The van der Waals surface area contributed by atoms with Gasteiger partial charge in [0.15, 0.2) is 0 Å². The van der Waals surface area contributed by atoms with Crippen LogP contribution in [-0.4, -0.2) is 30.1 Å². The normalized spacial score (nSPS) is 18.8. The monoisotopic (exact) mass is 434 g/mol. The van der Waals surface area contributed by atoms with Crippen molar-refractivity contribution < 1.29 is 19.2 Å². The van der Waals surface area contributed by atoms with E-state index < -0.39 is 11.6 Å². The summed E-state index contributed by atoms with van der Waals surface area (Å²) in [5.41, 5.74) is 4.10. The molecule has 6 nitrogen and oxygen atoms in total. The van der Waals surface area contributed by atoms with Gasteiger partial charge < -0.3 is 10.1 Å². The van der Waals surface area contributed by atoms with Gasteiger partial charge in [-0.05, 0) is 36.1 Å². The minimum Gasteiger partial charge on any atom is -0.464 e. The van der Waals surface area contributed by atoms with E-state index in [0.717, 1.165) is 11.1 Å². The number of rotatable bonds is 9. The number of hydrogen-bond acceptors (Lipinski definition) is 5. The molecule has 6 heteroatoms. The van der Waals surface area contributed by atoms with Gasteiger partial charge >= 0.3 is 5.97 Å². The van der Waals surface area contributed by atoms with Gasteiger partial charge in [-0.1, -0.05) is 74.5 Å². The Labute approximate surface area is 189 Å². The maximum Gasteiger partial charge on any atom is 0.345 e. The molecule has 0 radical (unpaired) electrons. The molecule has 0 bridgehead atoms. The van der Waals surface area contributed by atoms with E-state index in [1.807, 2.05) is 74.5 Å². The van der Waals surface area contributed by atoms with Gasteiger partial charge in [-0.15, -0.1) is 0 Å². The maximum absolute atomic E-state index is 12.9. The van der Waals surface area contributed by atoms with E-state index in [4.69, 9.17) is 9.57 Å². The van der Waals surface area contributed by atoms with Crippen LogP contribution >= 0.6 is 0 Å². The number of amides is 1. The zero-order chi connectivity index (χ0) is 23.0. The molecule has 2 aromatic rings. The van der Waals surface area contributed by atoms with Crippen molar-refractivity contribution in [1.82, 2.24) is 10.8 Å². The number of carbonyl (C=O) groups excluding carboxylic acids is 2. The first-order valence-electron chi connectivity index (χ1n) is 10.8. The van der Waals surface area contributed by atoms with Crippen LogP contribution in [0, 0.1) is 5.92 Å². The van der Waals surface area contributed by atoms with Crippen molar-refractivity contribution in [3.63, 3.8) is 0 Å². The molecule has 0 saturated heterocycles. The first-order valence-corrected chi connectivity index (χ1v) is 10.8. The Morgan fingerprint density at radius 2 is 1.75 bits per heavy atom. The molecule has 2 atom stereocenters. The van der Waals surface area contributed by atoms with Crippen LogP contribution in [0.2, 0.25) is 0 Å². The number of ether oxygens (including phenoxy) is 1. The average Bonchev–Trinajstić information content (AvgIpc) is 3.22. The Morgan fingerprint density at radius 1 is 1.09 bits per heavy atom. The van der Waals surface area contributed by atoms with Crippen LogP contribution in [0.1, 0.15) is 31.9 Å². The molecule has 0 fully saturated rings. The van der Waals surface area contributed by atoms with Gasteiger partial charge in [0.05, 0.1) is 18.3 Å². The van der Waals surface area contributed by atoms with Gasteiger partial charge in [0.25, 0.3) is 0 Å². The molecule has 1 amide bonds. The Balaban J connectivity index is 1.81. The highest BCUT2D eigenvalue weighted by Crippen LogP contribution is 2.29. The fourth-order valence-electron chi connectivity index (χ4n) is 3.57. The molecule has 3 rings (SSSR count). The summed E-state index contributed by atoms with van der Waals surface area (Å²) in [7, 11) is 0. The van der Waals surface area contributed by atoms with E-state index in [1.165, 1.54) is 6.08 Å². The first kappa shape index (κ1) is 23.3. The number of carbonyl (C=O) groups is 2. The van der Waals surface area contributed by atoms with E-state index in [9.17, 15) is 9.59 Å². The lowest BCUT2D eigenvalue weighted by molar-refractivity contribution is -0.168. The summed E-state index contributed by atoms with van der Waals surface area (Å²) in [6, 6.07) is 18.9. The number of esters is 1. The summed E-state index contributed by atoms with van der Waals surface area (Å²) in [6.45, 7) is 6.00. The molecule has 2 N–H and O–H groups in total. The molecule has 32 heavy (non-hydrogen) atoms. The fraction of sp³-hybridized carbons (Fsp3) is 0.308. The summed E-state index contributed by atoms with van der Waals surface area (Å²) < 4.78 is 5.31. The van der Waals surface area contributed by atoms with Crippen LogP contribution in [0.25, 0.3) is 6.08 Å². The van der Waals surface area contributed by atoms with Crippen molar-refractivity contribution >= 4 is 18.0 Å². The second-order valence-electron chi connectivity index (χ2n) is 8.05. The topological polar surface area (TPSA) is 76.7 Å². The third-order valence-electron chi connectivity index (χ3n) is 5.20. The van der Waals surface area contributed by atoms with Gasteiger partial charge in [0, 0.05) is 12.5 Å². The van der Waals surface area contributed by atoms with Crippen molar-refractivity contribution in [3.05, 3.63) is 89.6 Å². The van der Waals surface area contributed by atoms with E-state index in [2.05, 4.69) is 10.8 Å². The first-order chi connectivity index (χ1) is 15.4. The van der Waals surface area contributed by atoms with Gasteiger partial charge in [0.1, 0.15) is 0 Å². The molecular weight excluding hydrogens is 404 g/mol. The summed E-state index contributed by atoms with van der Waals surface area (Å²) in [5, 5.41) is 3.01. The molecule has 0 aliphatic carbocycles. The minimum absolute atomic E-state index is 0.0566. The SMILES string of the molecule is CCOC(=O)C1(Cc2ccccc2)C=C([C@@H](NC(=O)C=Cc2ccccc2)C(C)C)NO1. The van der Waals surface area contributed by atoms with Crippen molar-refractivity contribution in [2.75, 3.05) is 6.61 Å². The van der Waals surface area contributed by atoms with E-state index >= 15 is 0 Å². The third kappa shape index (κ3) is 5.86. The molecule has 0 saturated carbocycles. The smallest absolute Gasteiger partial charge is 0.345 e. The van der Waals surface area contributed by atoms with Crippen LogP contribution in [0.5, 0.6) is 0 Å². The van der Waals surface area contributed by atoms with Crippen LogP contribution in [-0.2, 0) is 25.6 Å². The van der Waals surface area contributed by atoms with Crippen LogP contribution in [0.15, 0.2) is 78.5 Å². The number of nitrogens with one attached hydrogen (secondary N) is 2. The Bertz CT molecular complexity index is 970. The highest BCUT2D eigenvalue weighted by molar-refractivity contribution is 5.92. The highest BCUT2D eigenvalue weighted by atomic mass is 16.7. The highest BCUT2D eigenvalue weighted by Gasteiger charge is 2.46. The molecule has 0 aromatic heterocycles. The summed E-state index contributed by atoms with van der Waals surface area (Å²) in [5.74, 6) is -0.641. The zero-order valence-corrected chi connectivity index (χ0v) is 18.7. The van der Waals surface area contributed by atoms with Crippen molar-refractivity contribution in [2.45, 2.75) is 38.8 Å². The number of hydrogen-bond donors (Lipinski definition) is 2. The summed E-state index contributed by atoms with van der Waals surface area (Å²) >= 11 is 0. The third-order valence-corrected chi connectivity index (χ3v) is 5.20. The lowest BCUT2D eigenvalue weighted by atomic mass is 9.91. The lowest BCUT2D eigenvalue weighted by Crippen LogP contribution is -2.43. The quantitative estimate of drug-likeness (QED) is 0.464. The summed E-state index contributed by atoms with van der Waals surface area (Å²) in [6.07, 6.45) is 5.32. The van der Waals surface area contributed by atoms with E-state index in [1.54, 1.807) is 19.1 Å². The standard InChI is InChI=1S/C26H30N2O4/c1-4-31-25(30)26(17-21-13-9-6-10-14-21)18-22(28-32-26)24(19(2)3)27-23(29)16-15-20-11-7-5-8-12-20/h5-16,18-19,24,28H,4,17H2,1-3H3,(H,27,29)/t24-,26?/m0/s1. The molecule has 1 unspecified atom stereocenters. The van der Waals surface area contributed by atoms with Gasteiger partial charge in [-0.3, -0.25) is 15.1 Å². The number of hydroxylamine groups is 1. The Morgan fingerprint density at radius 3 is 2.38 bits per heavy atom. The van der Waals surface area contributed by atoms with Gasteiger partial charge in [-0.25, -0.2) is 4.79 Å². The second kappa shape index (κ2) is 10.8. The van der Waals surface area contributed by atoms with E-state index in [0.29, 0.717) is 12.1 Å². The van der Waals surface area contributed by atoms with Crippen LogP contribution in [0.3, 0.4) is 0 Å². The molecule has 1 aliphatic heterocycles. The maximum atomic E-state index is 12.9. The molecule has 168 valence electrons. The van der Waals surface area contributed by atoms with E-state index in [-0.39, 0.29) is 24.5 Å². The average molecular weight is 435 g/mol. The van der Waals surface area contributed by atoms with Crippen molar-refractivity contribution in [1.29, 1.82) is 0 Å². The fourth-order valence-corrected chi connectivity index (χ4v) is 3.57. The van der Waals surface area contributed by atoms with Gasteiger partial charge in [-0.2, -0.15) is 0 Å². The van der Waals surface area contributed by atoms with Crippen LogP contribution < -0.4 is 10.8 Å². The Kier molecular flexibility index (Phi) is 7.84.